The SMILES string of the molecule is Cc1ccccc1Oc1cnc[nH]c1=O. The third-order valence-electron chi connectivity index (χ3n) is 2.00. The molecule has 1 aromatic heterocycles. The van der Waals surface area contributed by atoms with Crippen molar-refractivity contribution in [3.63, 3.8) is 0 Å². The number of aromatic nitrogens is 2. The van der Waals surface area contributed by atoms with Crippen LogP contribution in [0.2, 0.25) is 0 Å². The monoisotopic (exact) mass is 202 g/mol. The zero-order chi connectivity index (χ0) is 10.7. The smallest absolute Gasteiger partial charge is 0.293 e. The summed E-state index contributed by atoms with van der Waals surface area (Å²) in [7, 11) is 0. The molecular formula is C11H10N2O2. The summed E-state index contributed by atoms with van der Waals surface area (Å²) in [5.41, 5.74) is 0.689. The summed E-state index contributed by atoms with van der Waals surface area (Å²) >= 11 is 0. The molecule has 0 unspecified atom stereocenters. The van der Waals surface area contributed by atoms with Crippen LogP contribution in [-0.4, -0.2) is 9.97 Å². The minimum Gasteiger partial charge on any atom is -0.450 e. The molecule has 1 aromatic carbocycles. The number of nitrogens with zero attached hydrogens (tertiary/aromatic N) is 1. The van der Waals surface area contributed by atoms with Gasteiger partial charge in [0.15, 0.2) is 0 Å². The molecule has 0 radical (unpaired) electrons. The Bertz CT molecular complexity index is 520. The predicted molar refractivity (Wildman–Crippen MR) is 56.1 cm³/mol. The Balaban J connectivity index is 2.34. The first-order valence-electron chi connectivity index (χ1n) is 4.53. The first-order valence-corrected chi connectivity index (χ1v) is 4.53. The minimum atomic E-state index is -0.284. The van der Waals surface area contributed by atoms with Crippen LogP contribution in [-0.2, 0) is 0 Å². The van der Waals surface area contributed by atoms with Gasteiger partial charge in [-0.1, -0.05) is 18.2 Å². The van der Waals surface area contributed by atoms with Gasteiger partial charge in [0.25, 0.3) is 5.56 Å². The highest BCUT2D eigenvalue weighted by molar-refractivity contribution is 5.35. The molecule has 0 bridgehead atoms. The van der Waals surface area contributed by atoms with E-state index in [1.165, 1.54) is 12.5 Å². The lowest BCUT2D eigenvalue weighted by Gasteiger charge is -2.06. The Morgan fingerprint density at radius 1 is 1.27 bits per heavy atom. The van der Waals surface area contributed by atoms with E-state index in [4.69, 9.17) is 4.74 Å². The number of H-pyrrole nitrogens is 1. The number of nitrogens with one attached hydrogen (secondary N) is 1. The summed E-state index contributed by atoms with van der Waals surface area (Å²) in [5, 5.41) is 0. The minimum absolute atomic E-state index is 0.201. The van der Waals surface area contributed by atoms with Crippen molar-refractivity contribution in [1.29, 1.82) is 0 Å². The molecule has 1 N–H and O–H groups in total. The second kappa shape index (κ2) is 3.96. The molecule has 0 amide bonds. The highest BCUT2D eigenvalue weighted by atomic mass is 16.5. The molecule has 0 saturated heterocycles. The van der Waals surface area contributed by atoms with E-state index < -0.39 is 0 Å². The molecule has 0 saturated carbocycles. The Morgan fingerprint density at radius 3 is 2.80 bits per heavy atom. The molecule has 0 spiro atoms. The van der Waals surface area contributed by atoms with Gasteiger partial charge in [0.1, 0.15) is 5.75 Å². The lowest BCUT2D eigenvalue weighted by molar-refractivity contribution is 0.468. The molecule has 15 heavy (non-hydrogen) atoms. The van der Waals surface area contributed by atoms with Crippen LogP contribution in [0.1, 0.15) is 5.56 Å². The molecule has 0 aliphatic heterocycles. The van der Waals surface area contributed by atoms with Crippen molar-refractivity contribution in [3.05, 3.63) is 52.7 Å². The molecule has 2 rings (SSSR count). The van der Waals surface area contributed by atoms with Gasteiger partial charge >= 0.3 is 0 Å². The number of aryl methyl sites for hydroxylation is 1. The number of aromatic amines is 1. The molecule has 0 atom stereocenters. The van der Waals surface area contributed by atoms with Crippen molar-refractivity contribution in [2.45, 2.75) is 6.92 Å². The van der Waals surface area contributed by atoms with Gasteiger partial charge < -0.3 is 9.72 Å². The van der Waals surface area contributed by atoms with Crippen LogP contribution in [0.4, 0.5) is 0 Å². The van der Waals surface area contributed by atoms with Crippen molar-refractivity contribution < 1.29 is 4.74 Å². The number of benzene rings is 1. The van der Waals surface area contributed by atoms with Gasteiger partial charge in [0, 0.05) is 0 Å². The number of hydrogen-bond acceptors (Lipinski definition) is 3. The van der Waals surface area contributed by atoms with Crippen LogP contribution < -0.4 is 10.3 Å². The topological polar surface area (TPSA) is 55.0 Å². The Labute approximate surface area is 86.6 Å². The number of hydrogen-bond donors (Lipinski definition) is 1. The second-order valence-electron chi connectivity index (χ2n) is 3.11. The van der Waals surface area contributed by atoms with Crippen LogP contribution in [0.5, 0.6) is 11.5 Å². The highest BCUT2D eigenvalue weighted by Gasteiger charge is 2.03. The Kier molecular flexibility index (Phi) is 2.49. The summed E-state index contributed by atoms with van der Waals surface area (Å²) in [5.74, 6) is 0.864. The van der Waals surface area contributed by atoms with Crippen LogP contribution >= 0.6 is 0 Å². The predicted octanol–water partition coefficient (Wildman–Crippen LogP) is 1.87. The van der Waals surface area contributed by atoms with Gasteiger partial charge in [-0.2, -0.15) is 0 Å². The summed E-state index contributed by atoms with van der Waals surface area (Å²) in [6.45, 7) is 1.92. The summed E-state index contributed by atoms with van der Waals surface area (Å²) < 4.78 is 5.43. The average molecular weight is 202 g/mol. The van der Waals surface area contributed by atoms with Gasteiger partial charge in [-0.3, -0.25) is 4.79 Å². The van der Waals surface area contributed by atoms with Crippen molar-refractivity contribution in [1.82, 2.24) is 9.97 Å². The summed E-state index contributed by atoms with van der Waals surface area (Å²) in [4.78, 5) is 17.6. The van der Waals surface area contributed by atoms with Crippen molar-refractivity contribution in [2.75, 3.05) is 0 Å². The maximum absolute atomic E-state index is 11.3. The Hall–Kier alpha value is -2.10. The third kappa shape index (κ3) is 2.04. The summed E-state index contributed by atoms with van der Waals surface area (Å²) in [6.07, 6.45) is 2.72. The molecule has 4 heteroatoms. The van der Waals surface area contributed by atoms with Gasteiger partial charge in [0.05, 0.1) is 12.5 Å². The van der Waals surface area contributed by atoms with E-state index in [0.29, 0.717) is 5.75 Å². The normalized spacial score (nSPS) is 9.93. The first kappa shape index (κ1) is 9.45. The fraction of sp³-hybridized carbons (Fsp3) is 0.0909. The molecule has 0 aliphatic rings. The third-order valence-corrected chi connectivity index (χ3v) is 2.00. The van der Waals surface area contributed by atoms with Crippen LogP contribution in [0.25, 0.3) is 0 Å². The van der Waals surface area contributed by atoms with Crippen LogP contribution in [0, 0.1) is 6.92 Å². The van der Waals surface area contributed by atoms with Gasteiger partial charge in [-0.05, 0) is 18.6 Å². The van der Waals surface area contributed by atoms with E-state index in [-0.39, 0.29) is 11.3 Å². The molecular weight excluding hydrogens is 192 g/mol. The molecule has 0 aliphatic carbocycles. The molecule has 2 aromatic rings. The first-order chi connectivity index (χ1) is 7.27. The van der Waals surface area contributed by atoms with Crippen LogP contribution in [0.3, 0.4) is 0 Å². The molecule has 4 nitrogen and oxygen atoms in total. The summed E-state index contributed by atoms with van der Waals surface area (Å²) in [6, 6.07) is 7.49. The van der Waals surface area contributed by atoms with Gasteiger partial charge in [-0.25, -0.2) is 4.98 Å². The lowest BCUT2D eigenvalue weighted by Crippen LogP contribution is -2.08. The van der Waals surface area contributed by atoms with E-state index in [2.05, 4.69) is 9.97 Å². The van der Waals surface area contributed by atoms with E-state index in [1.54, 1.807) is 0 Å². The van der Waals surface area contributed by atoms with Crippen LogP contribution in [0.15, 0.2) is 41.6 Å². The molecule has 76 valence electrons. The maximum Gasteiger partial charge on any atom is 0.293 e. The van der Waals surface area contributed by atoms with Gasteiger partial charge in [0.2, 0.25) is 5.75 Å². The number of rotatable bonds is 2. The standard InChI is InChI=1S/C11H10N2O2/c1-8-4-2-3-5-9(8)15-10-6-12-7-13-11(10)14/h2-7H,1H3,(H,12,13,14). The number of ether oxygens (including phenoxy) is 1. The zero-order valence-electron chi connectivity index (χ0n) is 8.23. The highest BCUT2D eigenvalue weighted by Crippen LogP contribution is 2.20. The van der Waals surface area contributed by atoms with E-state index >= 15 is 0 Å². The average Bonchev–Trinajstić information content (AvgIpc) is 2.24. The zero-order valence-corrected chi connectivity index (χ0v) is 8.23. The molecule has 1 heterocycles. The molecule has 0 fully saturated rings. The van der Waals surface area contributed by atoms with Crippen molar-refractivity contribution in [3.8, 4) is 11.5 Å². The lowest BCUT2D eigenvalue weighted by atomic mass is 10.2. The maximum atomic E-state index is 11.3. The number of para-hydroxylation sites is 1. The van der Waals surface area contributed by atoms with Gasteiger partial charge in [-0.15, -0.1) is 0 Å². The quantitative estimate of drug-likeness (QED) is 0.808. The second-order valence-corrected chi connectivity index (χ2v) is 3.11. The fourth-order valence-electron chi connectivity index (χ4n) is 1.19. The van der Waals surface area contributed by atoms with E-state index in [1.807, 2.05) is 31.2 Å². The largest absolute Gasteiger partial charge is 0.450 e. The van der Waals surface area contributed by atoms with Crippen molar-refractivity contribution in [2.24, 2.45) is 0 Å². The van der Waals surface area contributed by atoms with E-state index in [0.717, 1.165) is 5.56 Å². The van der Waals surface area contributed by atoms with E-state index in [9.17, 15) is 4.79 Å². The Morgan fingerprint density at radius 2 is 2.07 bits per heavy atom. The fourth-order valence-corrected chi connectivity index (χ4v) is 1.19. The van der Waals surface area contributed by atoms with Crippen molar-refractivity contribution >= 4 is 0 Å².